The first-order valence-electron chi connectivity index (χ1n) is 7.10. The molecule has 0 fully saturated rings. The number of methoxy groups -OCH3 is 2. The lowest BCUT2D eigenvalue weighted by atomic mass is 10.1. The van der Waals surface area contributed by atoms with Gasteiger partial charge in [0, 0.05) is 17.6 Å². The van der Waals surface area contributed by atoms with Gasteiger partial charge in [0.05, 0.1) is 19.9 Å². The van der Waals surface area contributed by atoms with Gasteiger partial charge in [0.2, 0.25) is 0 Å². The molecule has 0 radical (unpaired) electrons. The highest BCUT2D eigenvalue weighted by Gasteiger charge is 2.14. The normalized spacial score (nSPS) is 10.3. The highest BCUT2D eigenvalue weighted by atomic mass is 16.5. The third-order valence-electron chi connectivity index (χ3n) is 3.55. The minimum atomic E-state index is -0.287. The molecule has 0 atom stereocenters. The van der Waals surface area contributed by atoms with Crippen LogP contribution < -0.4 is 14.8 Å². The number of fused-ring (bicyclic) bond motifs is 1. The second-order valence-electron chi connectivity index (χ2n) is 4.90. The van der Waals surface area contributed by atoms with E-state index >= 15 is 0 Å². The maximum atomic E-state index is 12.6. The Bertz CT molecular complexity index is 857. The summed E-state index contributed by atoms with van der Waals surface area (Å²) in [5, 5.41) is 4.61. The molecule has 0 saturated carbocycles. The van der Waals surface area contributed by atoms with E-state index in [1.807, 2.05) is 30.3 Å². The predicted molar refractivity (Wildman–Crippen MR) is 89.2 cm³/mol. The number of carbonyl (C=O) groups excluding carboxylic acids is 1. The van der Waals surface area contributed by atoms with Gasteiger partial charge in [-0.3, -0.25) is 9.78 Å². The van der Waals surface area contributed by atoms with Crippen molar-refractivity contribution in [2.75, 3.05) is 19.5 Å². The van der Waals surface area contributed by atoms with Gasteiger partial charge in [-0.1, -0.05) is 24.3 Å². The molecule has 23 heavy (non-hydrogen) atoms. The van der Waals surface area contributed by atoms with E-state index in [4.69, 9.17) is 9.47 Å². The maximum Gasteiger partial charge on any atom is 0.275 e. The zero-order valence-electron chi connectivity index (χ0n) is 12.9. The van der Waals surface area contributed by atoms with E-state index in [0.29, 0.717) is 22.9 Å². The quantitative estimate of drug-likeness (QED) is 0.801. The Morgan fingerprint density at radius 3 is 2.65 bits per heavy atom. The molecule has 1 heterocycles. The summed E-state index contributed by atoms with van der Waals surface area (Å²) >= 11 is 0. The van der Waals surface area contributed by atoms with Crippen molar-refractivity contribution in [3.63, 3.8) is 0 Å². The van der Waals surface area contributed by atoms with Gasteiger partial charge in [0.15, 0.2) is 0 Å². The number of carbonyl (C=O) groups is 1. The van der Waals surface area contributed by atoms with Gasteiger partial charge in [-0.25, -0.2) is 0 Å². The minimum absolute atomic E-state index is 0.287. The van der Waals surface area contributed by atoms with E-state index in [0.717, 1.165) is 10.8 Å². The summed E-state index contributed by atoms with van der Waals surface area (Å²) in [6.45, 7) is 0. The van der Waals surface area contributed by atoms with Crippen molar-refractivity contribution in [2.24, 2.45) is 0 Å². The van der Waals surface area contributed by atoms with Crippen LogP contribution in [0.15, 0.2) is 54.7 Å². The third kappa shape index (κ3) is 2.94. The number of nitrogens with zero attached hydrogens (tertiary/aromatic N) is 1. The number of amides is 1. The summed E-state index contributed by atoms with van der Waals surface area (Å²) in [7, 11) is 3.12. The van der Waals surface area contributed by atoms with Crippen LogP contribution in [0.25, 0.3) is 10.8 Å². The Morgan fingerprint density at radius 1 is 1.04 bits per heavy atom. The smallest absolute Gasteiger partial charge is 0.275 e. The Kier molecular flexibility index (Phi) is 4.10. The molecule has 0 saturated heterocycles. The number of ether oxygens (including phenoxy) is 2. The van der Waals surface area contributed by atoms with Gasteiger partial charge in [0.25, 0.3) is 5.91 Å². The van der Waals surface area contributed by atoms with E-state index in [9.17, 15) is 4.79 Å². The number of benzene rings is 2. The van der Waals surface area contributed by atoms with Crippen molar-refractivity contribution in [2.45, 2.75) is 0 Å². The van der Waals surface area contributed by atoms with E-state index in [1.165, 1.54) is 0 Å². The molecule has 0 spiro atoms. The molecule has 0 aliphatic heterocycles. The summed E-state index contributed by atoms with van der Waals surface area (Å²) in [5.41, 5.74) is 0.939. The van der Waals surface area contributed by atoms with E-state index < -0.39 is 0 Å². The highest BCUT2D eigenvalue weighted by Crippen LogP contribution is 2.29. The summed E-state index contributed by atoms with van der Waals surface area (Å²) in [5.74, 6) is 0.895. The zero-order chi connectivity index (χ0) is 16.2. The third-order valence-corrected chi connectivity index (χ3v) is 3.55. The molecule has 5 heteroatoms. The van der Waals surface area contributed by atoms with Crippen molar-refractivity contribution >= 4 is 22.4 Å². The first-order chi connectivity index (χ1) is 11.2. The standard InChI is InChI=1S/C18H16N2O3/c1-22-13-7-8-15(16(11-13)23-2)20-18(21)17-14-6-4-3-5-12(14)9-10-19-17/h3-11H,1-2H3,(H,20,21). The van der Waals surface area contributed by atoms with E-state index in [1.54, 1.807) is 38.6 Å². The molecule has 1 amide bonds. The Labute approximate surface area is 133 Å². The Morgan fingerprint density at radius 2 is 1.87 bits per heavy atom. The van der Waals surface area contributed by atoms with Crippen molar-refractivity contribution in [1.29, 1.82) is 0 Å². The molecular formula is C18H16N2O3. The maximum absolute atomic E-state index is 12.6. The largest absolute Gasteiger partial charge is 0.497 e. The van der Waals surface area contributed by atoms with Crippen molar-refractivity contribution in [3.05, 3.63) is 60.4 Å². The zero-order valence-corrected chi connectivity index (χ0v) is 12.9. The van der Waals surface area contributed by atoms with Crippen molar-refractivity contribution in [3.8, 4) is 11.5 Å². The molecule has 0 bridgehead atoms. The van der Waals surface area contributed by atoms with Gasteiger partial charge in [-0.05, 0) is 23.6 Å². The number of hydrogen-bond donors (Lipinski definition) is 1. The Balaban J connectivity index is 1.95. The van der Waals surface area contributed by atoms with Crippen LogP contribution in [0.1, 0.15) is 10.5 Å². The average Bonchev–Trinajstić information content (AvgIpc) is 2.61. The SMILES string of the molecule is COc1ccc(NC(=O)c2nccc3ccccc23)c(OC)c1. The molecule has 5 nitrogen and oxygen atoms in total. The van der Waals surface area contributed by atoms with Gasteiger partial charge in [0.1, 0.15) is 17.2 Å². The molecule has 0 unspecified atom stereocenters. The molecule has 3 rings (SSSR count). The Hall–Kier alpha value is -3.08. The number of nitrogens with one attached hydrogen (secondary N) is 1. The number of rotatable bonds is 4. The fraction of sp³-hybridized carbons (Fsp3) is 0.111. The average molecular weight is 308 g/mol. The van der Waals surface area contributed by atoms with Crippen LogP contribution in [0.3, 0.4) is 0 Å². The van der Waals surface area contributed by atoms with Crippen LogP contribution in [-0.4, -0.2) is 25.1 Å². The molecule has 0 aliphatic carbocycles. The number of aromatic nitrogens is 1. The van der Waals surface area contributed by atoms with E-state index in [2.05, 4.69) is 10.3 Å². The molecule has 2 aromatic carbocycles. The topological polar surface area (TPSA) is 60.5 Å². The van der Waals surface area contributed by atoms with Gasteiger partial charge in [-0.2, -0.15) is 0 Å². The summed E-state index contributed by atoms with van der Waals surface area (Å²) in [4.78, 5) is 16.8. The van der Waals surface area contributed by atoms with Gasteiger partial charge >= 0.3 is 0 Å². The molecule has 1 aromatic heterocycles. The lowest BCUT2D eigenvalue weighted by Gasteiger charge is -2.12. The first-order valence-corrected chi connectivity index (χ1v) is 7.10. The molecule has 3 aromatic rings. The van der Waals surface area contributed by atoms with Crippen LogP contribution >= 0.6 is 0 Å². The van der Waals surface area contributed by atoms with Crippen molar-refractivity contribution in [1.82, 2.24) is 4.98 Å². The molecular weight excluding hydrogens is 292 g/mol. The number of anilines is 1. The number of hydrogen-bond acceptors (Lipinski definition) is 4. The summed E-state index contributed by atoms with van der Waals surface area (Å²) in [6.07, 6.45) is 1.63. The summed E-state index contributed by atoms with van der Waals surface area (Å²) < 4.78 is 10.5. The van der Waals surface area contributed by atoms with Gasteiger partial charge < -0.3 is 14.8 Å². The van der Waals surface area contributed by atoms with Crippen molar-refractivity contribution < 1.29 is 14.3 Å². The van der Waals surface area contributed by atoms with Crippen LogP contribution in [0.5, 0.6) is 11.5 Å². The monoisotopic (exact) mass is 308 g/mol. The highest BCUT2D eigenvalue weighted by molar-refractivity contribution is 6.11. The van der Waals surface area contributed by atoms with E-state index in [-0.39, 0.29) is 5.91 Å². The van der Waals surface area contributed by atoms with Crippen LogP contribution in [0.4, 0.5) is 5.69 Å². The van der Waals surface area contributed by atoms with Gasteiger partial charge in [-0.15, -0.1) is 0 Å². The number of pyridine rings is 1. The second kappa shape index (κ2) is 6.36. The summed E-state index contributed by atoms with van der Waals surface area (Å²) in [6, 6.07) is 14.7. The fourth-order valence-electron chi connectivity index (χ4n) is 2.38. The predicted octanol–water partition coefficient (Wildman–Crippen LogP) is 3.50. The molecule has 0 aliphatic rings. The minimum Gasteiger partial charge on any atom is -0.497 e. The van der Waals surface area contributed by atoms with Crippen LogP contribution in [0.2, 0.25) is 0 Å². The van der Waals surface area contributed by atoms with Crippen LogP contribution in [-0.2, 0) is 0 Å². The fourth-order valence-corrected chi connectivity index (χ4v) is 2.38. The lowest BCUT2D eigenvalue weighted by molar-refractivity contribution is 0.102. The molecule has 116 valence electrons. The lowest BCUT2D eigenvalue weighted by Crippen LogP contribution is -2.14. The first kappa shape index (κ1) is 14.8. The molecule has 1 N–H and O–H groups in total. The van der Waals surface area contributed by atoms with Crippen LogP contribution in [0, 0.1) is 0 Å². The second-order valence-corrected chi connectivity index (χ2v) is 4.90.